The molecular weight excluding hydrogens is 504 g/mol. The number of rotatable bonds is 7. The van der Waals surface area contributed by atoms with Crippen LogP contribution >= 0.6 is 11.6 Å². The number of anilines is 1. The normalized spacial score (nSPS) is 14.6. The van der Waals surface area contributed by atoms with Crippen LogP contribution in [0, 0.1) is 10.8 Å². The van der Waals surface area contributed by atoms with Gasteiger partial charge in [-0.05, 0) is 55.6 Å². The number of amides is 1. The molecule has 0 radical (unpaired) electrons. The van der Waals surface area contributed by atoms with Crippen LogP contribution in [0.2, 0.25) is 5.02 Å². The zero-order valence-electron chi connectivity index (χ0n) is 22.8. The lowest BCUT2D eigenvalue weighted by atomic mass is 9.98. The highest BCUT2D eigenvalue weighted by Gasteiger charge is 2.28. The van der Waals surface area contributed by atoms with Crippen molar-refractivity contribution in [2.45, 2.75) is 53.1 Å². The molecular formula is C28H39ClN6O3. The second-order valence-electron chi connectivity index (χ2n) is 10.2. The molecule has 2 aromatic rings. The van der Waals surface area contributed by atoms with Crippen molar-refractivity contribution in [3.63, 3.8) is 0 Å². The molecule has 10 heteroatoms. The maximum absolute atomic E-state index is 12.9. The van der Waals surface area contributed by atoms with Crippen LogP contribution < -0.4 is 10.2 Å². The second-order valence-corrected chi connectivity index (χ2v) is 10.6. The molecule has 5 N–H and O–H groups in total. The van der Waals surface area contributed by atoms with Gasteiger partial charge in [-0.25, -0.2) is 0 Å². The molecule has 1 aliphatic rings. The Kier molecular flexibility index (Phi) is 9.76. The molecule has 1 heterocycles. The van der Waals surface area contributed by atoms with Crippen LogP contribution in [-0.4, -0.2) is 76.4 Å². The monoisotopic (exact) mass is 542 g/mol. The van der Waals surface area contributed by atoms with Gasteiger partial charge >= 0.3 is 0 Å². The zero-order valence-corrected chi connectivity index (χ0v) is 23.6. The van der Waals surface area contributed by atoms with Gasteiger partial charge in [0.2, 0.25) is 0 Å². The fourth-order valence-corrected chi connectivity index (χ4v) is 4.71. The summed E-state index contributed by atoms with van der Waals surface area (Å²) in [6.07, 6.45) is 0. The third kappa shape index (κ3) is 6.83. The molecule has 0 aromatic heterocycles. The number of aromatic hydroxyl groups is 2. The predicted molar refractivity (Wildman–Crippen MR) is 153 cm³/mol. The Morgan fingerprint density at radius 3 is 2.21 bits per heavy atom. The number of hydrogen-bond donors (Lipinski definition) is 5. The molecule has 0 bridgehead atoms. The molecule has 3 rings (SSSR count). The van der Waals surface area contributed by atoms with Gasteiger partial charge in [0.25, 0.3) is 5.91 Å². The first kappa shape index (κ1) is 29.4. The SMILES string of the molecule is CCN1CCN(Cc2ccc(N(C(=N)C(=O)NC(C)C)C(=N)c3cc(C(C)C)c(O)cc3O)cc2Cl)CC1. The number of nitrogens with one attached hydrogen (secondary N) is 3. The van der Waals surface area contributed by atoms with Crippen LogP contribution in [-0.2, 0) is 11.3 Å². The van der Waals surface area contributed by atoms with E-state index in [1.807, 2.05) is 19.9 Å². The average Bonchev–Trinajstić information content (AvgIpc) is 2.85. The molecule has 2 aromatic carbocycles. The number of benzene rings is 2. The molecule has 206 valence electrons. The van der Waals surface area contributed by atoms with Crippen LogP contribution in [0.3, 0.4) is 0 Å². The summed E-state index contributed by atoms with van der Waals surface area (Å²) in [5.41, 5.74) is 1.89. The number of carbonyl (C=O) groups excluding carboxylic acids is 1. The van der Waals surface area contributed by atoms with Crippen molar-refractivity contribution in [2.24, 2.45) is 0 Å². The van der Waals surface area contributed by atoms with Gasteiger partial charge in [0, 0.05) is 49.9 Å². The minimum atomic E-state index is -0.666. The van der Waals surface area contributed by atoms with E-state index in [0.29, 0.717) is 22.8 Å². The quantitative estimate of drug-likeness (QED) is 0.261. The third-order valence-corrected chi connectivity index (χ3v) is 7.06. The number of piperazine rings is 1. The van der Waals surface area contributed by atoms with E-state index in [1.54, 1.807) is 26.0 Å². The van der Waals surface area contributed by atoms with E-state index in [4.69, 9.17) is 22.4 Å². The molecule has 1 saturated heterocycles. The highest BCUT2D eigenvalue weighted by atomic mass is 35.5. The third-order valence-electron chi connectivity index (χ3n) is 6.71. The van der Waals surface area contributed by atoms with Gasteiger partial charge in [0.15, 0.2) is 5.84 Å². The second kappa shape index (κ2) is 12.6. The van der Waals surface area contributed by atoms with Crippen molar-refractivity contribution in [3.8, 4) is 11.5 Å². The van der Waals surface area contributed by atoms with Crippen LogP contribution in [0.25, 0.3) is 0 Å². The minimum absolute atomic E-state index is 0.0767. The van der Waals surface area contributed by atoms with E-state index in [0.717, 1.165) is 43.2 Å². The lowest BCUT2D eigenvalue weighted by Crippen LogP contribution is -2.47. The smallest absolute Gasteiger partial charge is 0.287 e. The van der Waals surface area contributed by atoms with Gasteiger partial charge < -0.3 is 20.4 Å². The van der Waals surface area contributed by atoms with Gasteiger partial charge in [0.05, 0.1) is 11.3 Å². The maximum Gasteiger partial charge on any atom is 0.287 e. The van der Waals surface area contributed by atoms with E-state index in [1.165, 1.54) is 12.1 Å². The number of phenolic OH excluding ortho intramolecular Hbond substituents is 2. The summed E-state index contributed by atoms with van der Waals surface area (Å²) in [6, 6.07) is 7.72. The summed E-state index contributed by atoms with van der Waals surface area (Å²) in [5.74, 6) is -1.92. The first-order chi connectivity index (χ1) is 17.9. The van der Waals surface area contributed by atoms with Crippen molar-refractivity contribution >= 4 is 34.9 Å². The Morgan fingerprint density at radius 1 is 1.03 bits per heavy atom. The molecule has 0 saturated carbocycles. The Balaban J connectivity index is 1.97. The molecule has 0 atom stereocenters. The van der Waals surface area contributed by atoms with E-state index in [9.17, 15) is 15.0 Å². The summed E-state index contributed by atoms with van der Waals surface area (Å²) in [7, 11) is 0. The van der Waals surface area contributed by atoms with Crippen molar-refractivity contribution in [1.82, 2.24) is 15.1 Å². The minimum Gasteiger partial charge on any atom is -0.508 e. The molecule has 38 heavy (non-hydrogen) atoms. The van der Waals surface area contributed by atoms with Crippen molar-refractivity contribution in [3.05, 3.63) is 52.0 Å². The summed E-state index contributed by atoms with van der Waals surface area (Å²) in [5, 5.41) is 41.7. The number of amidine groups is 2. The standard InChI is InChI=1S/C28H39ClN6O3/c1-6-33-9-11-34(12-10-33)16-19-7-8-20(13-23(19)29)35(27(31)28(38)32-18(4)5)26(30)22-14-21(17(2)3)24(36)15-25(22)37/h7-8,13-15,17-18,30-31,36-37H,6,9-12,16H2,1-5H3,(H,32,38). The van der Waals surface area contributed by atoms with E-state index >= 15 is 0 Å². The Morgan fingerprint density at radius 2 is 1.66 bits per heavy atom. The first-order valence-corrected chi connectivity index (χ1v) is 13.4. The van der Waals surface area contributed by atoms with Gasteiger partial charge in [-0.3, -0.25) is 25.4 Å². The molecule has 0 unspecified atom stereocenters. The molecule has 1 aliphatic heterocycles. The summed E-state index contributed by atoms with van der Waals surface area (Å²) in [6.45, 7) is 15.1. The van der Waals surface area contributed by atoms with Crippen molar-refractivity contribution in [1.29, 1.82) is 10.8 Å². The Hall–Kier alpha value is -3.14. The van der Waals surface area contributed by atoms with Crippen LogP contribution in [0.1, 0.15) is 57.2 Å². The van der Waals surface area contributed by atoms with E-state index in [-0.39, 0.29) is 34.9 Å². The topological polar surface area (TPSA) is 127 Å². The average molecular weight is 543 g/mol. The first-order valence-electron chi connectivity index (χ1n) is 13.0. The summed E-state index contributed by atoms with van der Waals surface area (Å²) in [4.78, 5) is 18.8. The lowest BCUT2D eigenvalue weighted by molar-refractivity contribution is -0.115. The van der Waals surface area contributed by atoms with Gasteiger partial charge in [-0.15, -0.1) is 0 Å². The van der Waals surface area contributed by atoms with Crippen LogP contribution in [0.5, 0.6) is 11.5 Å². The molecule has 1 amide bonds. The van der Waals surface area contributed by atoms with Crippen LogP contribution in [0.15, 0.2) is 30.3 Å². The van der Waals surface area contributed by atoms with Crippen molar-refractivity contribution in [2.75, 3.05) is 37.6 Å². The summed E-state index contributed by atoms with van der Waals surface area (Å²) >= 11 is 6.70. The Labute approximate surface area is 230 Å². The van der Waals surface area contributed by atoms with Gasteiger partial charge in [0.1, 0.15) is 17.3 Å². The fourth-order valence-electron chi connectivity index (χ4n) is 4.48. The van der Waals surface area contributed by atoms with Crippen molar-refractivity contribution < 1.29 is 15.0 Å². The largest absolute Gasteiger partial charge is 0.508 e. The maximum atomic E-state index is 12.9. The molecule has 1 fully saturated rings. The molecule has 0 aliphatic carbocycles. The number of hydrogen-bond acceptors (Lipinski definition) is 7. The highest BCUT2D eigenvalue weighted by Crippen LogP contribution is 2.34. The van der Waals surface area contributed by atoms with Gasteiger partial charge in [-0.1, -0.05) is 38.4 Å². The Bertz CT molecular complexity index is 1190. The number of phenols is 2. The number of halogens is 1. The van der Waals surface area contributed by atoms with E-state index < -0.39 is 11.7 Å². The van der Waals surface area contributed by atoms with Crippen LogP contribution in [0.4, 0.5) is 5.69 Å². The van der Waals surface area contributed by atoms with Gasteiger partial charge in [-0.2, -0.15) is 0 Å². The predicted octanol–water partition coefficient (Wildman–Crippen LogP) is 4.35. The molecule has 9 nitrogen and oxygen atoms in total. The number of likely N-dealkylation sites (N-methyl/N-ethyl adjacent to an activating group) is 1. The highest BCUT2D eigenvalue weighted by molar-refractivity contribution is 6.48. The number of carbonyl (C=O) groups is 1. The number of nitrogens with zero attached hydrogens (tertiary/aromatic N) is 3. The van der Waals surface area contributed by atoms with E-state index in [2.05, 4.69) is 22.0 Å². The lowest BCUT2D eigenvalue weighted by Gasteiger charge is -2.34. The fraction of sp³-hybridized carbons (Fsp3) is 0.464. The molecule has 0 spiro atoms. The summed E-state index contributed by atoms with van der Waals surface area (Å²) < 4.78 is 0. The zero-order chi connectivity index (χ0) is 28.1.